The summed E-state index contributed by atoms with van der Waals surface area (Å²) in [4.78, 5) is 2.16. The summed E-state index contributed by atoms with van der Waals surface area (Å²) in [5, 5.41) is 10.4. The minimum Gasteiger partial charge on any atom is -0.489 e. The molecule has 0 unspecified atom stereocenters. The first-order valence-corrected chi connectivity index (χ1v) is 15.8. The normalized spacial score (nSPS) is 12.8. The van der Waals surface area contributed by atoms with Crippen molar-refractivity contribution in [1.29, 1.82) is 0 Å². The lowest BCUT2D eigenvalue weighted by Crippen LogP contribution is -2.36. The van der Waals surface area contributed by atoms with Crippen molar-refractivity contribution in [1.82, 2.24) is 19.8 Å². The lowest BCUT2D eigenvalue weighted by atomic mass is 9.96. The summed E-state index contributed by atoms with van der Waals surface area (Å²) in [5.74, 6) is 0.734. The third-order valence-electron chi connectivity index (χ3n) is 6.42. The molecule has 1 heterocycles. The SMILES string of the molecule is CCCN(CC)CCS(=O)(=O)N[C@@H](CC)c1cccc(-c2nnc(-c3ccc(OC(C)C)c(N)c3)s2)c1C. The van der Waals surface area contributed by atoms with Crippen molar-refractivity contribution in [3.63, 3.8) is 0 Å². The van der Waals surface area contributed by atoms with Gasteiger partial charge in [-0.15, -0.1) is 10.2 Å². The predicted octanol–water partition coefficient (Wildman–Crippen LogP) is 5.65. The first-order valence-electron chi connectivity index (χ1n) is 13.3. The third-order valence-corrected chi connectivity index (χ3v) is 8.79. The molecule has 0 aliphatic heterocycles. The minimum atomic E-state index is -3.45. The molecule has 10 heteroatoms. The molecule has 3 rings (SSSR count). The van der Waals surface area contributed by atoms with E-state index in [1.54, 1.807) is 0 Å². The topological polar surface area (TPSA) is 110 Å². The molecule has 3 aromatic rings. The van der Waals surface area contributed by atoms with Gasteiger partial charge in [0, 0.05) is 23.7 Å². The number of nitrogens with two attached hydrogens (primary N) is 1. The van der Waals surface area contributed by atoms with E-state index in [0.717, 1.165) is 51.8 Å². The molecule has 8 nitrogen and oxygen atoms in total. The molecule has 0 aliphatic rings. The highest BCUT2D eigenvalue weighted by molar-refractivity contribution is 7.89. The zero-order valence-electron chi connectivity index (χ0n) is 23.3. The lowest BCUT2D eigenvalue weighted by Gasteiger charge is -2.23. The number of nitrogen functional groups attached to an aromatic ring is 1. The van der Waals surface area contributed by atoms with Gasteiger partial charge in [0.25, 0.3) is 0 Å². The molecular weight excluding hydrogens is 518 g/mol. The lowest BCUT2D eigenvalue weighted by molar-refractivity contribution is 0.244. The van der Waals surface area contributed by atoms with E-state index in [4.69, 9.17) is 10.5 Å². The van der Waals surface area contributed by atoms with E-state index in [2.05, 4.69) is 33.7 Å². The first kappa shape index (κ1) is 30.0. The summed E-state index contributed by atoms with van der Waals surface area (Å²) in [5.41, 5.74) is 10.5. The Morgan fingerprint density at radius 3 is 2.45 bits per heavy atom. The maximum absolute atomic E-state index is 13.0. The van der Waals surface area contributed by atoms with Crippen LogP contribution in [-0.4, -0.2) is 55.0 Å². The number of sulfonamides is 1. The van der Waals surface area contributed by atoms with Gasteiger partial charge in [0.1, 0.15) is 15.8 Å². The molecule has 3 N–H and O–H groups in total. The van der Waals surface area contributed by atoms with Gasteiger partial charge in [-0.1, -0.05) is 50.3 Å². The van der Waals surface area contributed by atoms with Crippen molar-refractivity contribution in [3.05, 3.63) is 47.5 Å². The maximum atomic E-state index is 13.0. The van der Waals surface area contributed by atoms with Gasteiger partial charge < -0.3 is 15.4 Å². The molecule has 0 saturated heterocycles. The number of anilines is 1. The van der Waals surface area contributed by atoms with Crippen molar-refractivity contribution in [3.8, 4) is 26.9 Å². The average molecular weight is 560 g/mol. The summed E-state index contributed by atoms with van der Waals surface area (Å²) >= 11 is 1.48. The van der Waals surface area contributed by atoms with E-state index in [9.17, 15) is 8.42 Å². The number of hydrogen-bond donors (Lipinski definition) is 2. The molecule has 0 saturated carbocycles. The van der Waals surface area contributed by atoms with E-state index in [1.807, 2.05) is 64.1 Å². The Morgan fingerprint density at radius 1 is 1.08 bits per heavy atom. The molecule has 1 aromatic heterocycles. The Balaban J connectivity index is 1.81. The molecule has 38 heavy (non-hydrogen) atoms. The molecule has 0 radical (unpaired) electrons. The molecular formula is C28H41N5O3S2. The monoisotopic (exact) mass is 559 g/mol. The largest absolute Gasteiger partial charge is 0.489 e. The zero-order valence-corrected chi connectivity index (χ0v) is 25.0. The van der Waals surface area contributed by atoms with Gasteiger partial charge in [0.2, 0.25) is 10.0 Å². The van der Waals surface area contributed by atoms with E-state index < -0.39 is 10.0 Å². The van der Waals surface area contributed by atoms with E-state index in [0.29, 0.717) is 24.4 Å². The van der Waals surface area contributed by atoms with Crippen LogP contribution in [0.1, 0.15) is 64.6 Å². The molecule has 0 fully saturated rings. The predicted molar refractivity (Wildman–Crippen MR) is 158 cm³/mol. The summed E-state index contributed by atoms with van der Waals surface area (Å²) in [7, 11) is -3.45. The maximum Gasteiger partial charge on any atom is 0.213 e. The minimum absolute atomic E-state index is 0.0371. The summed E-state index contributed by atoms with van der Waals surface area (Å²) < 4.78 is 34.6. The second-order valence-corrected chi connectivity index (χ2v) is 12.5. The van der Waals surface area contributed by atoms with Crippen LogP contribution >= 0.6 is 11.3 Å². The number of hydrogen-bond acceptors (Lipinski definition) is 8. The third kappa shape index (κ3) is 7.75. The molecule has 0 spiro atoms. The fourth-order valence-electron chi connectivity index (χ4n) is 4.39. The van der Waals surface area contributed by atoms with Crippen LogP contribution in [0.25, 0.3) is 21.1 Å². The smallest absolute Gasteiger partial charge is 0.213 e. The Morgan fingerprint density at radius 2 is 1.82 bits per heavy atom. The quantitative estimate of drug-likeness (QED) is 0.246. The number of nitrogens with zero attached hydrogens (tertiary/aromatic N) is 3. The van der Waals surface area contributed by atoms with Crippen molar-refractivity contribution in [2.45, 2.75) is 66.5 Å². The van der Waals surface area contributed by atoms with Crippen LogP contribution < -0.4 is 15.2 Å². The van der Waals surface area contributed by atoms with Gasteiger partial charge in [0.05, 0.1) is 17.5 Å². The van der Waals surface area contributed by atoms with Gasteiger partial charge in [0.15, 0.2) is 0 Å². The van der Waals surface area contributed by atoms with E-state index in [-0.39, 0.29) is 17.9 Å². The Labute approximate surface area is 231 Å². The van der Waals surface area contributed by atoms with Gasteiger partial charge in [-0.2, -0.15) is 0 Å². The number of nitrogens with one attached hydrogen (secondary N) is 1. The van der Waals surface area contributed by atoms with Crippen LogP contribution in [0, 0.1) is 6.92 Å². The Bertz CT molecular complexity index is 1310. The molecule has 2 aromatic carbocycles. The number of rotatable bonds is 14. The van der Waals surface area contributed by atoms with Gasteiger partial charge in [-0.25, -0.2) is 13.1 Å². The zero-order chi connectivity index (χ0) is 27.9. The molecule has 0 amide bonds. The fourth-order valence-corrected chi connectivity index (χ4v) is 6.66. The van der Waals surface area contributed by atoms with Crippen LogP contribution in [0.5, 0.6) is 5.75 Å². The molecule has 0 aliphatic carbocycles. The van der Waals surface area contributed by atoms with Crippen molar-refractivity contribution in [2.75, 3.05) is 31.1 Å². The molecule has 1 atom stereocenters. The van der Waals surface area contributed by atoms with Crippen LogP contribution in [0.2, 0.25) is 0 Å². The Kier molecular flexibility index (Phi) is 10.7. The number of ether oxygens (including phenoxy) is 1. The Hall–Kier alpha value is -2.53. The highest BCUT2D eigenvalue weighted by Gasteiger charge is 2.22. The van der Waals surface area contributed by atoms with E-state index >= 15 is 0 Å². The summed E-state index contributed by atoms with van der Waals surface area (Å²) in [6, 6.07) is 11.3. The fraction of sp³-hybridized carbons (Fsp3) is 0.500. The molecule has 0 bridgehead atoms. The van der Waals surface area contributed by atoms with Crippen molar-refractivity contribution in [2.24, 2.45) is 0 Å². The standard InChI is InChI=1S/C28H41N5O3S2/c1-7-15-33(9-3)16-17-38(34,35)32-25(8-2)22-11-10-12-23(20(22)6)28-31-30-27(37-28)21-13-14-26(24(29)18-21)36-19(4)5/h10-14,18-19,25,32H,7-9,15-17,29H2,1-6H3/t25-/m0/s1. The highest BCUT2D eigenvalue weighted by Crippen LogP contribution is 2.36. The van der Waals surface area contributed by atoms with Crippen LogP contribution in [0.3, 0.4) is 0 Å². The summed E-state index contributed by atoms with van der Waals surface area (Å²) in [6.45, 7) is 14.4. The van der Waals surface area contributed by atoms with Crippen LogP contribution in [0.4, 0.5) is 5.69 Å². The van der Waals surface area contributed by atoms with Crippen molar-refractivity contribution >= 4 is 27.0 Å². The number of aromatic nitrogens is 2. The first-order chi connectivity index (χ1) is 18.1. The second-order valence-electron chi connectivity index (χ2n) is 9.68. The van der Waals surface area contributed by atoms with Crippen molar-refractivity contribution < 1.29 is 13.2 Å². The van der Waals surface area contributed by atoms with Crippen LogP contribution in [0.15, 0.2) is 36.4 Å². The molecule has 208 valence electrons. The van der Waals surface area contributed by atoms with Gasteiger partial charge in [-0.3, -0.25) is 0 Å². The van der Waals surface area contributed by atoms with Crippen LogP contribution in [-0.2, 0) is 10.0 Å². The van der Waals surface area contributed by atoms with Gasteiger partial charge in [-0.05, 0) is 76.0 Å². The highest BCUT2D eigenvalue weighted by atomic mass is 32.2. The number of benzene rings is 2. The second kappa shape index (κ2) is 13.5. The van der Waals surface area contributed by atoms with E-state index in [1.165, 1.54) is 11.3 Å². The summed E-state index contributed by atoms with van der Waals surface area (Å²) in [6.07, 6.45) is 1.68. The average Bonchev–Trinajstić information content (AvgIpc) is 3.36. The van der Waals surface area contributed by atoms with Gasteiger partial charge >= 0.3 is 0 Å².